The lowest BCUT2D eigenvalue weighted by atomic mass is 9.60. The first-order valence-corrected chi connectivity index (χ1v) is 12.7. The molecular formula is C27H43NO4. The van der Waals surface area contributed by atoms with Gasteiger partial charge in [-0.3, -0.25) is 9.59 Å². The van der Waals surface area contributed by atoms with Crippen LogP contribution in [0.2, 0.25) is 0 Å². The van der Waals surface area contributed by atoms with Gasteiger partial charge in [-0.2, -0.15) is 0 Å². The van der Waals surface area contributed by atoms with E-state index in [-0.39, 0.29) is 5.78 Å². The highest BCUT2D eigenvalue weighted by molar-refractivity contribution is 6.36. The molecule has 0 aliphatic heterocycles. The first-order valence-electron chi connectivity index (χ1n) is 12.7. The van der Waals surface area contributed by atoms with Crippen molar-refractivity contribution in [2.45, 2.75) is 103 Å². The van der Waals surface area contributed by atoms with Gasteiger partial charge in [0, 0.05) is 13.5 Å². The number of hydrogen-bond donors (Lipinski definition) is 3. The van der Waals surface area contributed by atoms with Crippen molar-refractivity contribution in [1.82, 2.24) is 5.32 Å². The highest BCUT2D eigenvalue weighted by Gasteiger charge is 2.50. The first-order chi connectivity index (χ1) is 15.2. The van der Waals surface area contributed by atoms with Crippen LogP contribution in [0.1, 0.15) is 90.9 Å². The molecule has 0 heterocycles. The third-order valence-corrected chi connectivity index (χ3v) is 8.59. The molecule has 6 atom stereocenters. The zero-order chi connectivity index (χ0) is 23.3. The smallest absolute Gasteiger partial charge is 0.287 e. The van der Waals surface area contributed by atoms with E-state index >= 15 is 0 Å². The summed E-state index contributed by atoms with van der Waals surface area (Å²) in [5.74, 6) is 1.19. The third-order valence-electron chi connectivity index (χ3n) is 8.59. The summed E-state index contributed by atoms with van der Waals surface area (Å²) in [5, 5.41) is 22.4. The molecule has 3 rings (SSSR count). The first kappa shape index (κ1) is 25.2. The summed E-state index contributed by atoms with van der Waals surface area (Å²) >= 11 is 0. The van der Waals surface area contributed by atoms with Crippen molar-refractivity contribution in [3.05, 3.63) is 23.3 Å². The van der Waals surface area contributed by atoms with Crippen LogP contribution in [-0.2, 0) is 9.59 Å². The van der Waals surface area contributed by atoms with E-state index in [9.17, 15) is 19.8 Å². The van der Waals surface area contributed by atoms with Crippen LogP contribution in [0.5, 0.6) is 0 Å². The Bertz CT molecular complexity index is 730. The number of amides is 1. The Kier molecular flexibility index (Phi) is 8.74. The molecule has 0 saturated heterocycles. The van der Waals surface area contributed by atoms with Gasteiger partial charge in [0.2, 0.25) is 5.78 Å². The zero-order valence-electron chi connectivity index (χ0n) is 20.2. The number of hydrogen-bond acceptors (Lipinski definition) is 4. The lowest BCUT2D eigenvalue weighted by molar-refractivity contribution is -0.137. The van der Waals surface area contributed by atoms with E-state index in [0.717, 1.165) is 25.7 Å². The molecule has 3 aliphatic carbocycles. The highest BCUT2D eigenvalue weighted by atomic mass is 16.3. The summed E-state index contributed by atoms with van der Waals surface area (Å²) < 4.78 is 0. The molecule has 0 unspecified atom stereocenters. The average molecular weight is 446 g/mol. The topological polar surface area (TPSA) is 86.6 Å². The van der Waals surface area contributed by atoms with E-state index in [1.54, 1.807) is 5.57 Å². The fraction of sp³-hybridized carbons (Fsp3) is 0.778. The highest BCUT2D eigenvalue weighted by Crippen LogP contribution is 2.59. The molecule has 0 aromatic carbocycles. The maximum absolute atomic E-state index is 11.7. The van der Waals surface area contributed by atoms with E-state index in [0.29, 0.717) is 48.9 Å². The number of carbonyl (C=O) groups excluding carboxylic acids is 2. The molecular weight excluding hydrogens is 402 g/mol. The molecule has 0 bridgehead atoms. The van der Waals surface area contributed by atoms with Crippen LogP contribution in [0.3, 0.4) is 0 Å². The minimum absolute atomic E-state index is 0.303. The second-order valence-corrected chi connectivity index (χ2v) is 10.8. The van der Waals surface area contributed by atoms with Gasteiger partial charge < -0.3 is 15.5 Å². The van der Waals surface area contributed by atoms with Crippen molar-refractivity contribution in [2.24, 2.45) is 23.2 Å². The standard InChI is InChI=1S/C27H43NO4/c1-18(7-4-5-9-25(31)26(32)28-3)23-12-13-24-20(8-6-14-27(23,24)2)11-10-19-15-21(29)17-22(30)16-19/h10-11,18,21-24,29-30H,4-9,12-17H2,1-3H3,(H,28,32)/b20-11-/t18-,21-,22-,23-,24+,27-/m1/s1. The molecule has 32 heavy (non-hydrogen) atoms. The van der Waals surface area contributed by atoms with Crippen LogP contribution >= 0.6 is 0 Å². The van der Waals surface area contributed by atoms with Crippen LogP contribution in [-0.4, -0.2) is 41.2 Å². The second kappa shape index (κ2) is 11.1. The predicted molar refractivity (Wildman–Crippen MR) is 127 cm³/mol. The van der Waals surface area contributed by atoms with E-state index in [4.69, 9.17) is 0 Å². The number of aliphatic hydroxyl groups is 2. The minimum atomic E-state index is -0.474. The maximum atomic E-state index is 11.7. The van der Waals surface area contributed by atoms with E-state index in [1.807, 2.05) is 0 Å². The van der Waals surface area contributed by atoms with Crippen molar-refractivity contribution in [2.75, 3.05) is 7.05 Å². The molecule has 180 valence electrons. The summed E-state index contributed by atoms with van der Waals surface area (Å²) in [4.78, 5) is 23.1. The van der Waals surface area contributed by atoms with Crippen LogP contribution in [0.4, 0.5) is 0 Å². The molecule has 3 N–H and O–H groups in total. The number of allylic oxidation sites excluding steroid dienone is 3. The Labute approximate surface area is 193 Å². The molecule has 5 heteroatoms. The monoisotopic (exact) mass is 445 g/mol. The second-order valence-electron chi connectivity index (χ2n) is 10.8. The normalized spacial score (nSPS) is 34.8. The lowest BCUT2D eigenvalue weighted by Gasteiger charge is -2.44. The van der Waals surface area contributed by atoms with Gasteiger partial charge in [0.15, 0.2) is 0 Å². The van der Waals surface area contributed by atoms with Crippen LogP contribution in [0, 0.1) is 23.2 Å². The van der Waals surface area contributed by atoms with Gasteiger partial charge in [0.25, 0.3) is 5.91 Å². The molecule has 3 aliphatic rings. The van der Waals surface area contributed by atoms with Gasteiger partial charge in [0.05, 0.1) is 12.2 Å². The number of fused-ring (bicyclic) bond motifs is 1. The number of ketones is 1. The summed E-state index contributed by atoms with van der Waals surface area (Å²) in [6, 6.07) is 0. The SMILES string of the molecule is CNC(=O)C(=O)CCCC[C@@H](C)[C@H]1CC[C@H]2/C(=C\C=C3C[C@@H](O)C[C@H](O)C3)CCC[C@]12C. The van der Waals surface area contributed by atoms with Gasteiger partial charge in [0.1, 0.15) is 0 Å². The quantitative estimate of drug-likeness (QED) is 0.380. The fourth-order valence-electron chi connectivity index (χ4n) is 6.95. The minimum Gasteiger partial charge on any atom is -0.393 e. The number of carbonyl (C=O) groups is 2. The summed E-state index contributed by atoms with van der Waals surface area (Å²) in [5.41, 5.74) is 3.07. The Morgan fingerprint density at radius 3 is 2.56 bits per heavy atom. The number of likely N-dealkylation sites (N-methyl/N-ethyl adjacent to an activating group) is 1. The lowest BCUT2D eigenvalue weighted by Crippen LogP contribution is -2.36. The van der Waals surface area contributed by atoms with Crippen molar-refractivity contribution in [3.8, 4) is 0 Å². The van der Waals surface area contributed by atoms with Crippen molar-refractivity contribution >= 4 is 11.7 Å². The number of unbranched alkanes of at least 4 members (excludes halogenated alkanes) is 1. The van der Waals surface area contributed by atoms with Crippen LogP contribution in [0.25, 0.3) is 0 Å². The molecule has 0 spiro atoms. The van der Waals surface area contributed by atoms with Crippen molar-refractivity contribution in [1.29, 1.82) is 0 Å². The number of Topliss-reactive ketones (excluding diaryl/α,β-unsaturated/α-hetero) is 1. The summed E-state index contributed by atoms with van der Waals surface area (Å²) in [7, 11) is 1.50. The summed E-state index contributed by atoms with van der Waals surface area (Å²) in [6.07, 6.45) is 15.0. The average Bonchev–Trinajstić information content (AvgIpc) is 3.11. The Balaban J connectivity index is 1.57. The van der Waals surface area contributed by atoms with Crippen molar-refractivity contribution < 1.29 is 19.8 Å². The van der Waals surface area contributed by atoms with E-state index in [2.05, 4.69) is 31.3 Å². The maximum Gasteiger partial charge on any atom is 0.287 e. The third kappa shape index (κ3) is 5.91. The molecule has 3 saturated carbocycles. The molecule has 3 fully saturated rings. The molecule has 1 amide bonds. The fourth-order valence-corrected chi connectivity index (χ4v) is 6.95. The largest absolute Gasteiger partial charge is 0.393 e. The zero-order valence-corrected chi connectivity index (χ0v) is 20.2. The van der Waals surface area contributed by atoms with Gasteiger partial charge in [-0.15, -0.1) is 0 Å². The number of nitrogens with one attached hydrogen (secondary N) is 1. The number of rotatable bonds is 8. The van der Waals surface area contributed by atoms with Crippen LogP contribution in [0.15, 0.2) is 23.3 Å². The molecule has 0 aromatic heterocycles. The van der Waals surface area contributed by atoms with E-state index in [1.165, 1.54) is 38.3 Å². The Morgan fingerprint density at radius 2 is 1.88 bits per heavy atom. The van der Waals surface area contributed by atoms with Crippen molar-refractivity contribution in [3.63, 3.8) is 0 Å². The van der Waals surface area contributed by atoms with Gasteiger partial charge in [-0.25, -0.2) is 0 Å². The Hall–Kier alpha value is -1.46. The number of aliphatic hydroxyl groups excluding tert-OH is 2. The summed E-state index contributed by atoms with van der Waals surface area (Å²) in [6.45, 7) is 4.87. The molecule has 0 aromatic rings. The predicted octanol–water partition coefficient (Wildman–Crippen LogP) is 4.47. The van der Waals surface area contributed by atoms with Gasteiger partial charge in [-0.1, -0.05) is 50.0 Å². The van der Waals surface area contributed by atoms with Gasteiger partial charge in [-0.05, 0) is 81.0 Å². The van der Waals surface area contributed by atoms with Crippen LogP contribution < -0.4 is 5.32 Å². The Morgan fingerprint density at radius 1 is 1.16 bits per heavy atom. The molecule has 5 nitrogen and oxygen atoms in total. The van der Waals surface area contributed by atoms with E-state index < -0.39 is 18.1 Å². The molecule has 0 radical (unpaired) electrons. The van der Waals surface area contributed by atoms with Gasteiger partial charge >= 0.3 is 0 Å².